The summed E-state index contributed by atoms with van der Waals surface area (Å²) in [7, 11) is 0. The van der Waals surface area contributed by atoms with Crippen LogP contribution in [0.4, 0.5) is 9.18 Å². The van der Waals surface area contributed by atoms with Crippen molar-refractivity contribution < 1.29 is 13.9 Å². The van der Waals surface area contributed by atoms with E-state index in [4.69, 9.17) is 10.5 Å². The molecule has 0 aliphatic carbocycles. The maximum absolute atomic E-state index is 13.6. The number of carbonyl (C=O) groups excluding carboxylic acids is 1. The number of likely N-dealkylation sites (tertiary alicyclic amines) is 1. The van der Waals surface area contributed by atoms with Gasteiger partial charge in [0.2, 0.25) is 0 Å². The van der Waals surface area contributed by atoms with Crippen LogP contribution < -0.4 is 5.73 Å². The van der Waals surface area contributed by atoms with Crippen molar-refractivity contribution in [2.45, 2.75) is 58.2 Å². The molecule has 2 N–H and O–H groups in total. The Bertz CT molecular complexity index is 554. The first-order chi connectivity index (χ1) is 10.2. The molecule has 0 saturated carbocycles. The predicted molar refractivity (Wildman–Crippen MR) is 84.0 cm³/mol. The molecule has 1 amide bonds. The molecular formula is C17H25FN2O2. The SMILES string of the molecule is Cc1ccc(F)cc1C1CC(N)CCN1C(=O)OC(C)(C)C. The summed E-state index contributed by atoms with van der Waals surface area (Å²) in [4.78, 5) is 14.1. The van der Waals surface area contributed by atoms with Gasteiger partial charge < -0.3 is 15.4 Å². The van der Waals surface area contributed by atoms with Crippen LogP contribution in [0.3, 0.4) is 0 Å². The summed E-state index contributed by atoms with van der Waals surface area (Å²) in [6.45, 7) is 7.95. The van der Waals surface area contributed by atoms with Gasteiger partial charge in [-0.1, -0.05) is 6.07 Å². The third-order valence-electron chi connectivity index (χ3n) is 3.87. The van der Waals surface area contributed by atoms with Gasteiger partial charge in [-0.25, -0.2) is 9.18 Å². The Kier molecular flexibility index (Phi) is 4.75. The van der Waals surface area contributed by atoms with Crippen LogP contribution in [0.2, 0.25) is 0 Å². The lowest BCUT2D eigenvalue weighted by molar-refractivity contribution is 0.00787. The predicted octanol–water partition coefficient (Wildman–Crippen LogP) is 3.53. The average Bonchev–Trinajstić information content (AvgIpc) is 2.39. The number of halogens is 1. The molecule has 1 aliphatic rings. The number of nitrogens with zero attached hydrogens (tertiary/aromatic N) is 1. The Morgan fingerprint density at radius 1 is 1.41 bits per heavy atom. The van der Waals surface area contributed by atoms with Crippen LogP contribution in [0.15, 0.2) is 18.2 Å². The van der Waals surface area contributed by atoms with E-state index >= 15 is 0 Å². The number of hydrogen-bond donors (Lipinski definition) is 1. The smallest absolute Gasteiger partial charge is 0.410 e. The summed E-state index contributed by atoms with van der Waals surface area (Å²) in [5.74, 6) is -0.302. The monoisotopic (exact) mass is 308 g/mol. The molecule has 0 radical (unpaired) electrons. The molecule has 4 nitrogen and oxygen atoms in total. The molecule has 1 saturated heterocycles. The first kappa shape index (κ1) is 16.7. The molecule has 1 aromatic carbocycles. The molecule has 1 aromatic rings. The van der Waals surface area contributed by atoms with Gasteiger partial charge in [0, 0.05) is 12.6 Å². The highest BCUT2D eigenvalue weighted by Gasteiger charge is 2.34. The number of hydrogen-bond acceptors (Lipinski definition) is 3. The summed E-state index contributed by atoms with van der Waals surface area (Å²) < 4.78 is 19.1. The number of aryl methyl sites for hydroxylation is 1. The van der Waals surface area contributed by atoms with E-state index in [2.05, 4.69) is 0 Å². The molecule has 0 aromatic heterocycles. The number of rotatable bonds is 1. The molecule has 1 fully saturated rings. The van der Waals surface area contributed by atoms with Crippen LogP contribution in [0, 0.1) is 12.7 Å². The topological polar surface area (TPSA) is 55.6 Å². The van der Waals surface area contributed by atoms with E-state index in [0.717, 1.165) is 17.5 Å². The number of carbonyl (C=O) groups is 1. The number of nitrogens with two attached hydrogens (primary N) is 1. The Balaban J connectivity index is 2.31. The molecule has 2 atom stereocenters. The van der Waals surface area contributed by atoms with Crippen molar-refractivity contribution in [1.29, 1.82) is 0 Å². The summed E-state index contributed by atoms with van der Waals surface area (Å²) >= 11 is 0. The van der Waals surface area contributed by atoms with Crippen LogP contribution >= 0.6 is 0 Å². The van der Waals surface area contributed by atoms with Crippen LogP contribution in [-0.2, 0) is 4.74 Å². The highest BCUT2D eigenvalue weighted by Crippen LogP contribution is 2.33. The zero-order chi connectivity index (χ0) is 16.5. The molecule has 5 heteroatoms. The van der Waals surface area contributed by atoms with Gasteiger partial charge in [0.15, 0.2) is 0 Å². The number of ether oxygens (including phenoxy) is 1. The Morgan fingerprint density at radius 3 is 2.73 bits per heavy atom. The van der Waals surface area contributed by atoms with Crippen molar-refractivity contribution in [3.63, 3.8) is 0 Å². The molecule has 122 valence electrons. The van der Waals surface area contributed by atoms with Crippen molar-refractivity contribution in [3.05, 3.63) is 35.1 Å². The fraction of sp³-hybridized carbons (Fsp3) is 0.588. The van der Waals surface area contributed by atoms with Crippen LogP contribution in [0.1, 0.15) is 50.8 Å². The van der Waals surface area contributed by atoms with E-state index in [0.29, 0.717) is 13.0 Å². The maximum atomic E-state index is 13.6. The van der Waals surface area contributed by atoms with E-state index in [-0.39, 0.29) is 24.0 Å². The van der Waals surface area contributed by atoms with Gasteiger partial charge in [0.1, 0.15) is 11.4 Å². The third kappa shape index (κ3) is 3.97. The van der Waals surface area contributed by atoms with E-state index in [1.807, 2.05) is 27.7 Å². The number of amides is 1. The average molecular weight is 308 g/mol. The van der Waals surface area contributed by atoms with E-state index in [1.165, 1.54) is 12.1 Å². The molecule has 0 bridgehead atoms. The highest BCUT2D eigenvalue weighted by atomic mass is 19.1. The Labute approximate surface area is 131 Å². The molecule has 1 aliphatic heterocycles. The first-order valence-electron chi connectivity index (χ1n) is 7.68. The van der Waals surface area contributed by atoms with Crippen LogP contribution in [-0.4, -0.2) is 29.2 Å². The number of piperidine rings is 1. The molecule has 1 heterocycles. The lowest BCUT2D eigenvalue weighted by atomic mass is 9.90. The third-order valence-corrected chi connectivity index (χ3v) is 3.87. The minimum Gasteiger partial charge on any atom is -0.444 e. The van der Waals surface area contributed by atoms with E-state index in [1.54, 1.807) is 11.0 Å². The molecular weight excluding hydrogens is 283 g/mol. The largest absolute Gasteiger partial charge is 0.444 e. The lowest BCUT2D eigenvalue weighted by Crippen LogP contribution is -2.47. The fourth-order valence-electron chi connectivity index (χ4n) is 2.80. The standard InChI is InChI=1S/C17H25FN2O2/c1-11-5-6-12(18)9-14(11)15-10-13(19)7-8-20(15)16(21)22-17(2,3)4/h5-6,9,13,15H,7-8,10,19H2,1-4H3. The molecule has 0 spiro atoms. The normalized spacial score (nSPS) is 22.5. The second-order valence-corrected chi connectivity index (χ2v) is 6.97. The van der Waals surface area contributed by atoms with Gasteiger partial charge >= 0.3 is 6.09 Å². The Hall–Kier alpha value is -1.62. The molecule has 2 rings (SSSR count). The quantitative estimate of drug-likeness (QED) is 0.863. The minimum absolute atomic E-state index is 0.00588. The summed E-state index contributed by atoms with van der Waals surface area (Å²) in [6, 6.07) is 4.42. The second kappa shape index (κ2) is 6.24. The van der Waals surface area contributed by atoms with Crippen molar-refractivity contribution >= 4 is 6.09 Å². The second-order valence-electron chi connectivity index (χ2n) is 6.97. The van der Waals surface area contributed by atoms with Crippen LogP contribution in [0.5, 0.6) is 0 Å². The van der Waals surface area contributed by atoms with Crippen molar-refractivity contribution in [2.75, 3.05) is 6.54 Å². The highest BCUT2D eigenvalue weighted by molar-refractivity contribution is 5.69. The maximum Gasteiger partial charge on any atom is 0.410 e. The molecule has 22 heavy (non-hydrogen) atoms. The Morgan fingerprint density at radius 2 is 2.09 bits per heavy atom. The summed E-state index contributed by atoms with van der Waals surface area (Å²) in [5, 5.41) is 0. The minimum atomic E-state index is -0.557. The first-order valence-corrected chi connectivity index (χ1v) is 7.68. The van der Waals surface area contributed by atoms with Crippen molar-refractivity contribution in [1.82, 2.24) is 4.90 Å². The van der Waals surface area contributed by atoms with Gasteiger partial charge in [-0.2, -0.15) is 0 Å². The van der Waals surface area contributed by atoms with Crippen molar-refractivity contribution in [3.8, 4) is 0 Å². The van der Waals surface area contributed by atoms with Gasteiger partial charge in [-0.3, -0.25) is 0 Å². The van der Waals surface area contributed by atoms with Gasteiger partial charge in [-0.15, -0.1) is 0 Å². The van der Waals surface area contributed by atoms with Gasteiger partial charge in [0.05, 0.1) is 6.04 Å². The fourth-order valence-corrected chi connectivity index (χ4v) is 2.80. The summed E-state index contributed by atoms with van der Waals surface area (Å²) in [5.41, 5.74) is 7.27. The van der Waals surface area contributed by atoms with E-state index in [9.17, 15) is 9.18 Å². The number of benzene rings is 1. The molecule has 2 unspecified atom stereocenters. The summed E-state index contributed by atoms with van der Waals surface area (Å²) in [6.07, 6.45) is 0.973. The van der Waals surface area contributed by atoms with Gasteiger partial charge in [-0.05, 0) is 63.8 Å². The van der Waals surface area contributed by atoms with Crippen molar-refractivity contribution in [2.24, 2.45) is 5.73 Å². The van der Waals surface area contributed by atoms with Gasteiger partial charge in [0.25, 0.3) is 0 Å². The lowest BCUT2D eigenvalue weighted by Gasteiger charge is -2.39. The van der Waals surface area contributed by atoms with E-state index < -0.39 is 5.60 Å². The van der Waals surface area contributed by atoms with Crippen LogP contribution in [0.25, 0.3) is 0 Å². The zero-order valence-corrected chi connectivity index (χ0v) is 13.7. The zero-order valence-electron chi connectivity index (χ0n) is 13.7.